The zero-order chi connectivity index (χ0) is 23.4. The Balaban J connectivity index is 1.23. The lowest BCUT2D eigenvalue weighted by Gasteiger charge is -2.40. The number of aliphatic hydroxyl groups is 1. The van der Waals surface area contributed by atoms with Gasteiger partial charge < -0.3 is 9.84 Å². The first-order chi connectivity index (χ1) is 15.9. The minimum absolute atomic E-state index is 0.248. The lowest BCUT2D eigenvalue weighted by molar-refractivity contribution is -0.0187. The maximum atomic E-state index is 10.5. The molecule has 0 saturated carbocycles. The normalized spacial score (nSPS) is 16.1. The SMILES string of the molecule is Cc1nc2cc(OC[C@H](O)CN3CCN(N(C=S)Cc4ccc(Cl)c(Cl)c4)CC3)ccc2s1. The van der Waals surface area contributed by atoms with Crippen molar-refractivity contribution < 1.29 is 9.84 Å². The summed E-state index contributed by atoms with van der Waals surface area (Å²) < 4.78 is 6.96. The molecule has 1 aliphatic heterocycles. The number of aryl methyl sites for hydroxylation is 1. The lowest BCUT2D eigenvalue weighted by Crippen LogP contribution is -2.54. The summed E-state index contributed by atoms with van der Waals surface area (Å²) in [6.07, 6.45) is -0.567. The predicted molar refractivity (Wildman–Crippen MR) is 140 cm³/mol. The van der Waals surface area contributed by atoms with Gasteiger partial charge in [-0.15, -0.1) is 11.3 Å². The van der Waals surface area contributed by atoms with Crippen LogP contribution in [0.2, 0.25) is 10.0 Å². The third-order valence-corrected chi connectivity index (χ3v) is 7.47. The van der Waals surface area contributed by atoms with E-state index in [4.69, 9.17) is 40.2 Å². The van der Waals surface area contributed by atoms with Crippen LogP contribution in [-0.2, 0) is 6.54 Å². The highest BCUT2D eigenvalue weighted by Gasteiger charge is 2.22. The van der Waals surface area contributed by atoms with Crippen molar-refractivity contribution in [3.05, 3.63) is 57.0 Å². The number of nitrogens with zero attached hydrogens (tertiary/aromatic N) is 4. The van der Waals surface area contributed by atoms with Crippen molar-refractivity contribution in [1.82, 2.24) is 19.9 Å². The number of fused-ring (bicyclic) bond motifs is 1. The van der Waals surface area contributed by atoms with Gasteiger partial charge in [-0.25, -0.2) is 9.99 Å². The Labute approximate surface area is 213 Å². The molecule has 6 nitrogen and oxygen atoms in total. The van der Waals surface area contributed by atoms with Crippen LogP contribution in [0.5, 0.6) is 5.75 Å². The van der Waals surface area contributed by atoms with Crippen LogP contribution in [0.3, 0.4) is 0 Å². The van der Waals surface area contributed by atoms with E-state index >= 15 is 0 Å². The smallest absolute Gasteiger partial charge is 0.121 e. The Morgan fingerprint density at radius 2 is 1.97 bits per heavy atom. The van der Waals surface area contributed by atoms with Crippen molar-refractivity contribution in [2.24, 2.45) is 0 Å². The summed E-state index contributed by atoms with van der Waals surface area (Å²) in [5.41, 5.74) is 3.65. The summed E-state index contributed by atoms with van der Waals surface area (Å²) in [5.74, 6) is 0.732. The zero-order valence-electron chi connectivity index (χ0n) is 18.3. The molecule has 33 heavy (non-hydrogen) atoms. The molecular formula is C23H26Cl2N4O2S2. The van der Waals surface area contributed by atoms with E-state index < -0.39 is 6.10 Å². The Morgan fingerprint density at radius 3 is 2.70 bits per heavy atom. The van der Waals surface area contributed by atoms with Gasteiger partial charge in [0.05, 0.1) is 37.3 Å². The summed E-state index contributed by atoms with van der Waals surface area (Å²) in [6.45, 7) is 6.76. The molecule has 1 aliphatic rings. The molecule has 0 spiro atoms. The molecule has 0 bridgehead atoms. The summed E-state index contributed by atoms with van der Waals surface area (Å²) in [5, 5.41) is 16.9. The van der Waals surface area contributed by atoms with Gasteiger partial charge in [-0.3, -0.25) is 9.91 Å². The quantitative estimate of drug-likeness (QED) is 0.409. The summed E-state index contributed by atoms with van der Waals surface area (Å²) in [4.78, 5) is 6.74. The molecule has 2 aromatic carbocycles. The molecule has 1 N–H and O–H groups in total. The summed E-state index contributed by atoms with van der Waals surface area (Å²) in [7, 11) is 0. The number of ether oxygens (including phenoxy) is 1. The molecule has 2 heterocycles. The molecule has 3 aromatic rings. The van der Waals surface area contributed by atoms with Gasteiger partial charge in [-0.05, 0) is 36.8 Å². The van der Waals surface area contributed by atoms with Gasteiger partial charge in [0.2, 0.25) is 0 Å². The fraction of sp³-hybridized carbons (Fsp3) is 0.391. The number of hydrogen-bond acceptors (Lipinski definition) is 7. The van der Waals surface area contributed by atoms with Crippen LogP contribution >= 0.6 is 46.8 Å². The maximum Gasteiger partial charge on any atom is 0.121 e. The first-order valence-electron chi connectivity index (χ1n) is 10.7. The molecule has 1 aromatic heterocycles. The highest BCUT2D eigenvalue weighted by molar-refractivity contribution is 7.78. The van der Waals surface area contributed by atoms with Crippen molar-refractivity contribution in [3.63, 3.8) is 0 Å². The van der Waals surface area contributed by atoms with Gasteiger partial charge in [0.15, 0.2) is 0 Å². The Bertz CT molecular complexity index is 1110. The van der Waals surface area contributed by atoms with Gasteiger partial charge in [0.25, 0.3) is 0 Å². The molecular weight excluding hydrogens is 499 g/mol. The fourth-order valence-electron chi connectivity index (χ4n) is 3.86. The van der Waals surface area contributed by atoms with Crippen LogP contribution in [-0.4, -0.2) is 75.9 Å². The van der Waals surface area contributed by atoms with Crippen molar-refractivity contribution in [3.8, 4) is 5.75 Å². The second kappa shape index (κ2) is 11.3. The second-order valence-electron chi connectivity index (χ2n) is 8.03. The van der Waals surface area contributed by atoms with E-state index in [0.717, 1.165) is 52.7 Å². The van der Waals surface area contributed by atoms with Gasteiger partial charge in [-0.2, -0.15) is 0 Å². The van der Waals surface area contributed by atoms with Crippen molar-refractivity contribution in [2.75, 3.05) is 39.3 Å². The van der Waals surface area contributed by atoms with E-state index in [-0.39, 0.29) is 6.61 Å². The number of hydrogen-bond donors (Lipinski definition) is 1. The van der Waals surface area contributed by atoms with E-state index in [0.29, 0.717) is 23.1 Å². The summed E-state index contributed by atoms with van der Waals surface area (Å²) >= 11 is 19.1. The van der Waals surface area contributed by atoms with E-state index in [1.54, 1.807) is 22.9 Å². The number of rotatable bonds is 9. The Kier molecular flexibility index (Phi) is 8.40. The minimum Gasteiger partial charge on any atom is -0.491 e. The van der Waals surface area contributed by atoms with E-state index in [1.165, 1.54) is 0 Å². The number of thiocarbonyl (C=S) groups is 1. The van der Waals surface area contributed by atoms with E-state index in [1.807, 2.05) is 42.3 Å². The molecule has 1 fully saturated rings. The van der Waals surface area contributed by atoms with Crippen LogP contribution < -0.4 is 4.74 Å². The standard InChI is InChI=1S/C23H26Cl2N4O2S2/c1-16-26-22-11-19(3-5-23(22)33-16)31-14-18(30)13-27-6-8-28(9-7-27)29(15-32)12-17-2-4-20(24)21(25)10-17/h2-5,10-11,15,18,30H,6-9,12-14H2,1H3/t18-/m1/s1. The molecule has 1 saturated heterocycles. The highest BCUT2D eigenvalue weighted by Crippen LogP contribution is 2.26. The first kappa shape index (κ1) is 24.6. The highest BCUT2D eigenvalue weighted by atomic mass is 35.5. The fourth-order valence-corrected chi connectivity index (χ4v) is 5.20. The molecule has 4 rings (SSSR count). The molecule has 0 radical (unpaired) electrons. The maximum absolute atomic E-state index is 10.5. The Morgan fingerprint density at radius 1 is 1.18 bits per heavy atom. The van der Waals surface area contributed by atoms with E-state index in [9.17, 15) is 5.11 Å². The van der Waals surface area contributed by atoms with Gasteiger partial charge >= 0.3 is 0 Å². The number of aromatic nitrogens is 1. The third kappa shape index (κ3) is 6.54. The van der Waals surface area contributed by atoms with Crippen LogP contribution in [0.15, 0.2) is 36.4 Å². The molecule has 176 valence electrons. The van der Waals surface area contributed by atoms with Crippen molar-refractivity contribution >= 4 is 62.5 Å². The Hall–Kier alpha value is -1.52. The molecule has 0 amide bonds. The number of β-amino-alcohol motifs (C(OH)–C–C–N with tert-alkyl or cyclic N) is 1. The van der Waals surface area contributed by atoms with Gasteiger partial charge in [0.1, 0.15) is 18.5 Å². The third-order valence-electron chi connectivity index (χ3n) is 5.54. The number of benzene rings is 2. The van der Waals surface area contributed by atoms with Gasteiger partial charge in [-0.1, -0.05) is 41.5 Å². The number of piperazine rings is 1. The predicted octanol–water partition coefficient (Wildman–Crippen LogP) is 4.64. The van der Waals surface area contributed by atoms with Crippen LogP contribution in [0.4, 0.5) is 0 Å². The number of hydrazine groups is 1. The van der Waals surface area contributed by atoms with Crippen LogP contribution in [0.1, 0.15) is 10.6 Å². The lowest BCUT2D eigenvalue weighted by atomic mass is 10.2. The molecule has 0 aliphatic carbocycles. The number of aliphatic hydroxyl groups excluding tert-OH is 1. The molecule has 1 atom stereocenters. The topological polar surface area (TPSA) is 52.1 Å². The van der Waals surface area contributed by atoms with Crippen molar-refractivity contribution in [1.29, 1.82) is 0 Å². The summed E-state index contributed by atoms with van der Waals surface area (Å²) in [6, 6.07) is 11.5. The number of halogens is 2. The van der Waals surface area contributed by atoms with Crippen molar-refractivity contribution in [2.45, 2.75) is 19.6 Å². The molecule has 0 unspecified atom stereocenters. The van der Waals surface area contributed by atoms with E-state index in [2.05, 4.69) is 14.9 Å². The minimum atomic E-state index is -0.567. The average Bonchev–Trinajstić information content (AvgIpc) is 3.18. The average molecular weight is 526 g/mol. The van der Waals surface area contributed by atoms with Crippen LogP contribution in [0.25, 0.3) is 10.2 Å². The van der Waals surface area contributed by atoms with Gasteiger partial charge in [0, 0.05) is 38.8 Å². The second-order valence-corrected chi connectivity index (χ2v) is 10.3. The number of thiazole rings is 1. The zero-order valence-corrected chi connectivity index (χ0v) is 21.4. The monoisotopic (exact) mass is 524 g/mol. The molecule has 10 heteroatoms. The first-order valence-corrected chi connectivity index (χ1v) is 12.8. The van der Waals surface area contributed by atoms with Crippen LogP contribution in [0, 0.1) is 6.92 Å². The largest absolute Gasteiger partial charge is 0.491 e.